The lowest BCUT2D eigenvalue weighted by molar-refractivity contribution is -0.128. The number of amides is 1. The van der Waals surface area contributed by atoms with Crippen LogP contribution in [0.1, 0.15) is 45.6 Å². The van der Waals surface area contributed by atoms with E-state index in [2.05, 4.69) is 15.5 Å². The van der Waals surface area contributed by atoms with E-state index >= 15 is 0 Å². The highest BCUT2D eigenvalue weighted by Crippen LogP contribution is 2.18. The van der Waals surface area contributed by atoms with Gasteiger partial charge in [-0.05, 0) is 37.1 Å². The summed E-state index contributed by atoms with van der Waals surface area (Å²) in [4.78, 5) is 14.1. The van der Waals surface area contributed by atoms with Crippen LogP contribution in [0.5, 0.6) is 0 Å². The molecular weight excluding hydrogens is 262 g/mol. The first-order valence-corrected chi connectivity index (χ1v) is 7.85. The summed E-state index contributed by atoms with van der Waals surface area (Å²) in [7, 11) is 0. The SMILES string of the molecule is CC(C)n1nnnc1SCC(=O)N1CCCCCC1. The zero-order valence-corrected chi connectivity index (χ0v) is 12.4. The molecule has 0 N–H and O–H groups in total. The molecule has 1 saturated heterocycles. The van der Waals surface area contributed by atoms with E-state index < -0.39 is 0 Å². The molecule has 0 spiro atoms. The average molecular weight is 283 g/mol. The van der Waals surface area contributed by atoms with Crippen LogP contribution in [0.25, 0.3) is 0 Å². The standard InChI is InChI=1S/C12H21N5OS/c1-10(2)17-12(13-14-15-17)19-9-11(18)16-7-5-3-4-6-8-16/h10H,3-9H2,1-2H3. The molecule has 19 heavy (non-hydrogen) atoms. The van der Waals surface area contributed by atoms with Crippen molar-refractivity contribution < 1.29 is 4.79 Å². The summed E-state index contributed by atoms with van der Waals surface area (Å²) in [5.74, 6) is 0.623. The largest absolute Gasteiger partial charge is 0.342 e. The Morgan fingerprint density at radius 2 is 1.95 bits per heavy atom. The van der Waals surface area contributed by atoms with E-state index in [1.165, 1.54) is 24.6 Å². The van der Waals surface area contributed by atoms with Crippen molar-refractivity contribution in [2.45, 2.75) is 50.7 Å². The van der Waals surface area contributed by atoms with E-state index in [1.54, 1.807) is 4.68 Å². The van der Waals surface area contributed by atoms with E-state index in [9.17, 15) is 4.79 Å². The van der Waals surface area contributed by atoms with Crippen molar-refractivity contribution in [3.05, 3.63) is 0 Å². The van der Waals surface area contributed by atoms with Crippen molar-refractivity contribution in [3.63, 3.8) is 0 Å². The molecule has 2 rings (SSSR count). The number of carbonyl (C=O) groups excluding carboxylic acids is 1. The normalized spacial score (nSPS) is 16.7. The van der Waals surface area contributed by atoms with Crippen molar-refractivity contribution in [2.75, 3.05) is 18.8 Å². The van der Waals surface area contributed by atoms with E-state index in [1.807, 2.05) is 18.7 Å². The first kappa shape index (κ1) is 14.3. The molecule has 2 heterocycles. The molecule has 7 heteroatoms. The maximum Gasteiger partial charge on any atom is 0.233 e. The quantitative estimate of drug-likeness (QED) is 0.788. The third-order valence-electron chi connectivity index (χ3n) is 3.24. The Morgan fingerprint density at radius 3 is 2.58 bits per heavy atom. The maximum atomic E-state index is 12.2. The Hall–Kier alpha value is -1.11. The molecule has 0 unspecified atom stereocenters. The second kappa shape index (κ2) is 6.88. The van der Waals surface area contributed by atoms with Crippen molar-refractivity contribution in [2.24, 2.45) is 0 Å². The number of nitrogens with zero attached hydrogens (tertiary/aromatic N) is 5. The van der Waals surface area contributed by atoms with Crippen LogP contribution in [-0.2, 0) is 4.79 Å². The summed E-state index contributed by atoms with van der Waals surface area (Å²) in [5.41, 5.74) is 0. The van der Waals surface area contributed by atoms with Crippen LogP contribution in [0.4, 0.5) is 0 Å². The van der Waals surface area contributed by atoms with Crippen LogP contribution in [0.2, 0.25) is 0 Å². The van der Waals surface area contributed by atoms with Gasteiger partial charge < -0.3 is 4.90 Å². The minimum absolute atomic E-state index is 0.199. The molecule has 0 bridgehead atoms. The van der Waals surface area contributed by atoms with E-state index in [4.69, 9.17) is 0 Å². The molecule has 0 aliphatic carbocycles. The highest BCUT2D eigenvalue weighted by atomic mass is 32.2. The van der Waals surface area contributed by atoms with Gasteiger partial charge in [-0.25, -0.2) is 4.68 Å². The Labute approximate surface area is 117 Å². The number of aromatic nitrogens is 4. The fraction of sp³-hybridized carbons (Fsp3) is 0.833. The van der Waals surface area contributed by atoms with Crippen molar-refractivity contribution in [1.82, 2.24) is 25.1 Å². The number of carbonyl (C=O) groups is 1. The monoisotopic (exact) mass is 283 g/mol. The number of rotatable bonds is 4. The average Bonchev–Trinajstić information content (AvgIpc) is 2.69. The summed E-state index contributed by atoms with van der Waals surface area (Å²) in [6.45, 7) is 5.84. The predicted molar refractivity (Wildman–Crippen MR) is 74.0 cm³/mol. The van der Waals surface area contributed by atoms with Gasteiger partial charge in [0, 0.05) is 13.1 Å². The van der Waals surface area contributed by atoms with Crippen LogP contribution in [-0.4, -0.2) is 49.9 Å². The van der Waals surface area contributed by atoms with Crippen molar-refractivity contribution >= 4 is 17.7 Å². The molecule has 1 aromatic heterocycles. The van der Waals surface area contributed by atoms with E-state index in [0.29, 0.717) is 5.75 Å². The Morgan fingerprint density at radius 1 is 1.26 bits per heavy atom. The Bertz CT molecular complexity index is 412. The van der Waals surface area contributed by atoms with Gasteiger partial charge in [0.05, 0.1) is 11.8 Å². The molecule has 0 aromatic carbocycles. The van der Waals surface area contributed by atoms with Crippen LogP contribution in [0.15, 0.2) is 5.16 Å². The summed E-state index contributed by atoms with van der Waals surface area (Å²) in [5, 5.41) is 12.3. The summed E-state index contributed by atoms with van der Waals surface area (Å²) < 4.78 is 1.75. The van der Waals surface area contributed by atoms with Gasteiger partial charge in [0.2, 0.25) is 11.1 Å². The molecule has 106 valence electrons. The maximum absolute atomic E-state index is 12.2. The minimum Gasteiger partial charge on any atom is -0.342 e. The number of tetrazole rings is 1. The molecular formula is C12H21N5OS. The van der Waals surface area contributed by atoms with Gasteiger partial charge in [0.25, 0.3) is 0 Å². The molecule has 0 saturated carbocycles. The molecule has 6 nitrogen and oxygen atoms in total. The third kappa shape index (κ3) is 3.92. The van der Waals surface area contributed by atoms with Gasteiger partial charge in [-0.1, -0.05) is 24.6 Å². The van der Waals surface area contributed by atoms with Gasteiger partial charge in [-0.15, -0.1) is 5.10 Å². The summed E-state index contributed by atoms with van der Waals surface area (Å²) >= 11 is 1.43. The van der Waals surface area contributed by atoms with Gasteiger partial charge >= 0.3 is 0 Å². The van der Waals surface area contributed by atoms with Crippen LogP contribution < -0.4 is 0 Å². The molecule has 0 radical (unpaired) electrons. The fourth-order valence-electron chi connectivity index (χ4n) is 2.14. The van der Waals surface area contributed by atoms with Crippen LogP contribution in [0.3, 0.4) is 0 Å². The number of hydrogen-bond acceptors (Lipinski definition) is 5. The highest BCUT2D eigenvalue weighted by molar-refractivity contribution is 7.99. The van der Waals surface area contributed by atoms with Crippen LogP contribution >= 0.6 is 11.8 Å². The first-order chi connectivity index (χ1) is 9.18. The molecule has 1 amide bonds. The smallest absolute Gasteiger partial charge is 0.233 e. The molecule has 1 aromatic rings. The lowest BCUT2D eigenvalue weighted by atomic mass is 10.2. The lowest BCUT2D eigenvalue weighted by Crippen LogP contribution is -2.33. The zero-order valence-electron chi connectivity index (χ0n) is 11.6. The molecule has 0 atom stereocenters. The highest BCUT2D eigenvalue weighted by Gasteiger charge is 2.17. The van der Waals surface area contributed by atoms with Crippen LogP contribution in [0, 0.1) is 0 Å². The van der Waals surface area contributed by atoms with Crippen molar-refractivity contribution in [1.29, 1.82) is 0 Å². The number of hydrogen-bond donors (Lipinski definition) is 0. The second-order valence-electron chi connectivity index (χ2n) is 5.08. The number of thioether (sulfide) groups is 1. The van der Waals surface area contributed by atoms with E-state index in [-0.39, 0.29) is 11.9 Å². The van der Waals surface area contributed by atoms with E-state index in [0.717, 1.165) is 31.1 Å². The summed E-state index contributed by atoms with van der Waals surface area (Å²) in [6.07, 6.45) is 4.73. The molecule has 1 aliphatic rings. The third-order valence-corrected chi connectivity index (χ3v) is 4.15. The summed E-state index contributed by atoms with van der Waals surface area (Å²) in [6, 6.07) is 0.214. The predicted octanol–water partition coefficient (Wildman–Crippen LogP) is 1.75. The topological polar surface area (TPSA) is 63.9 Å². The van der Waals surface area contributed by atoms with Gasteiger partial charge in [0.1, 0.15) is 0 Å². The van der Waals surface area contributed by atoms with Gasteiger partial charge in [-0.2, -0.15) is 0 Å². The van der Waals surface area contributed by atoms with Gasteiger partial charge in [-0.3, -0.25) is 4.79 Å². The fourth-order valence-corrected chi connectivity index (χ4v) is 3.05. The minimum atomic E-state index is 0.199. The second-order valence-corrected chi connectivity index (χ2v) is 6.03. The van der Waals surface area contributed by atoms with Crippen molar-refractivity contribution in [3.8, 4) is 0 Å². The Kier molecular flexibility index (Phi) is 5.18. The zero-order chi connectivity index (χ0) is 13.7. The molecule has 1 aliphatic heterocycles. The van der Waals surface area contributed by atoms with Gasteiger partial charge in [0.15, 0.2) is 0 Å². The number of likely N-dealkylation sites (tertiary alicyclic amines) is 1. The Balaban J connectivity index is 1.87. The lowest BCUT2D eigenvalue weighted by Gasteiger charge is -2.19. The molecule has 1 fully saturated rings. The first-order valence-electron chi connectivity index (χ1n) is 6.87.